The summed E-state index contributed by atoms with van der Waals surface area (Å²) in [5.41, 5.74) is 9.72. The van der Waals surface area contributed by atoms with Crippen molar-refractivity contribution in [2.45, 2.75) is 37.6 Å². The molecule has 4 aromatic rings. The van der Waals surface area contributed by atoms with E-state index in [9.17, 15) is 9.18 Å². The summed E-state index contributed by atoms with van der Waals surface area (Å²) in [6.07, 6.45) is 5.49. The SMILES string of the molecule is [C-]#[N+]c1ccc(-c2nc(C(=O)N3CCC[C@@H](N)C3)c(C3CC3)n2-c2ccc3c(cnn3C)c2)cc1F. The van der Waals surface area contributed by atoms with Crippen molar-refractivity contribution >= 4 is 22.5 Å². The zero-order valence-electron chi connectivity index (χ0n) is 20.0. The number of carbonyl (C=O) groups is 1. The summed E-state index contributed by atoms with van der Waals surface area (Å²) in [5, 5.41) is 5.31. The molecule has 6 rings (SSSR count). The molecule has 36 heavy (non-hydrogen) atoms. The molecule has 0 bridgehead atoms. The van der Waals surface area contributed by atoms with Crippen LogP contribution in [0.3, 0.4) is 0 Å². The Kier molecular flexibility index (Phi) is 5.34. The molecule has 2 aromatic carbocycles. The van der Waals surface area contributed by atoms with E-state index in [-0.39, 0.29) is 23.6 Å². The average Bonchev–Trinajstić information content (AvgIpc) is 3.55. The summed E-state index contributed by atoms with van der Waals surface area (Å²) in [4.78, 5) is 23.7. The Morgan fingerprint density at radius 2 is 2.03 bits per heavy atom. The molecule has 9 heteroatoms. The van der Waals surface area contributed by atoms with Gasteiger partial charge in [-0.1, -0.05) is 12.1 Å². The molecule has 1 saturated carbocycles. The number of hydrogen-bond acceptors (Lipinski definition) is 4. The van der Waals surface area contributed by atoms with Crippen LogP contribution in [0, 0.1) is 12.4 Å². The van der Waals surface area contributed by atoms with E-state index in [0.717, 1.165) is 48.0 Å². The van der Waals surface area contributed by atoms with Gasteiger partial charge in [0.1, 0.15) is 11.6 Å². The molecule has 2 aromatic heterocycles. The Bertz CT molecular complexity index is 1540. The number of aromatic nitrogens is 4. The number of amides is 1. The van der Waals surface area contributed by atoms with Crippen molar-refractivity contribution in [1.82, 2.24) is 24.2 Å². The quantitative estimate of drug-likeness (QED) is 0.431. The van der Waals surface area contributed by atoms with Gasteiger partial charge in [-0.05, 0) is 49.9 Å². The maximum atomic E-state index is 14.7. The number of benzene rings is 2. The number of piperidine rings is 1. The van der Waals surface area contributed by atoms with Crippen LogP contribution in [0.15, 0.2) is 42.6 Å². The lowest BCUT2D eigenvalue weighted by Gasteiger charge is -2.30. The summed E-state index contributed by atoms with van der Waals surface area (Å²) in [7, 11) is 1.89. The number of fused-ring (bicyclic) bond motifs is 1. The molecular formula is C27H26FN7O. The summed E-state index contributed by atoms with van der Waals surface area (Å²) < 4.78 is 18.5. The fourth-order valence-electron chi connectivity index (χ4n) is 5.15. The van der Waals surface area contributed by atoms with Gasteiger partial charge in [0.25, 0.3) is 5.91 Å². The molecule has 1 saturated heterocycles. The van der Waals surface area contributed by atoms with Gasteiger partial charge in [-0.25, -0.2) is 14.2 Å². The molecule has 1 aliphatic heterocycles. The van der Waals surface area contributed by atoms with Gasteiger partial charge in [0.15, 0.2) is 5.69 Å². The number of rotatable bonds is 4. The largest absolute Gasteiger partial charge is 0.336 e. The van der Waals surface area contributed by atoms with E-state index in [1.54, 1.807) is 17.2 Å². The van der Waals surface area contributed by atoms with Gasteiger partial charge in [0, 0.05) is 48.7 Å². The molecule has 0 radical (unpaired) electrons. The molecule has 1 aliphatic carbocycles. The third kappa shape index (κ3) is 3.74. The molecule has 182 valence electrons. The smallest absolute Gasteiger partial charge is 0.274 e. The second-order valence-electron chi connectivity index (χ2n) is 9.72. The molecule has 3 heterocycles. The molecule has 2 aliphatic rings. The molecule has 0 unspecified atom stereocenters. The first-order chi connectivity index (χ1) is 17.4. The number of hydrogen-bond donors (Lipinski definition) is 1. The van der Waals surface area contributed by atoms with Crippen molar-refractivity contribution < 1.29 is 9.18 Å². The van der Waals surface area contributed by atoms with Crippen molar-refractivity contribution in [3.05, 3.63) is 71.2 Å². The van der Waals surface area contributed by atoms with Crippen LogP contribution in [-0.4, -0.2) is 49.3 Å². The first-order valence-corrected chi connectivity index (χ1v) is 12.2. The maximum absolute atomic E-state index is 14.7. The summed E-state index contributed by atoms with van der Waals surface area (Å²) >= 11 is 0. The number of nitrogens with zero attached hydrogens (tertiary/aromatic N) is 6. The third-order valence-electron chi connectivity index (χ3n) is 7.14. The van der Waals surface area contributed by atoms with E-state index < -0.39 is 5.82 Å². The van der Waals surface area contributed by atoms with Gasteiger partial charge >= 0.3 is 0 Å². The first kappa shape index (κ1) is 22.4. The van der Waals surface area contributed by atoms with Crippen LogP contribution >= 0.6 is 0 Å². The second kappa shape index (κ2) is 8.57. The molecule has 1 atom stereocenters. The summed E-state index contributed by atoms with van der Waals surface area (Å²) in [5.74, 6) is -0.0591. The van der Waals surface area contributed by atoms with Crippen LogP contribution in [0.1, 0.15) is 47.8 Å². The van der Waals surface area contributed by atoms with Crippen LogP contribution in [0.2, 0.25) is 0 Å². The fraction of sp³-hybridized carbons (Fsp3) is 0.333. The third-order valence-corrected chi connectivity index (χ3v) is 7.14. The Labute approximate surface area is 208 Å². The van der Waals surface area contributed by atoms with E-state index in [4.69, 9.17) is 17.3 Å². The van der Waals surface area contributed by atoms with Crippen LogP contribution < -0.4 is 5.73 Å². The van der Waals surface area contributed by atoms with Crippen molar-refractivity contribution in [2.75, 3.05) is 13.1 Å². The Balaban J connectivity index is 1.57. The maximum Gasteiger partial charge on any atom is 0.274 e. The lowest BCUT2D eigenvalue weighted by molar-refractivity contribution is 0.0702. The Morgan fingerprint density at radius 1 is 1.19 bits per heavy atom. The van der Waals surface area contributed by atoms with Crippen LogP contribution in [0.25, 0.3) is 32.8 Å². The predicted octanol–water partition coefficient (Wildman–Crippen LogP) is 4.56. The lowest BCUT2D eigenvalue weighted by Crippen LogP contribution is -2.46. The standard InChI is InChI=1S/C27H26FN7O/c1-30-22-9-7-17(13-21(22)28)26-32-24(27(36)34-11-3-4-19(29)15-34)25(16-5-6-16)35(26)20-8-10-23-18(12-20)14-31-33(23)2/h7-10,12-14,16,19H,3-6,11,15,29H2,2H3/t19-/m1/s1. The number of imidazole rings is 1. The Hall–Kier alpha value is -4.03. The average molecular weight is 484 g/mol. The van der Waals surface area contributed by atoms with Crippen molar-refractivity contribution in [3.63, 3.8) is 0 Å². The van der Waals surface area contributed by atoms with Gasteiger partial charge < -0.3 is 10.6 Å². The molecule has 1 amide bonds. The molecule has 2 N–H and O–H groups in total. The topological polar surface area (TPSA) is 86.3 Å². The highest BCUT2D eigenvalue weighted by molar-refractivity contribution is 5.95. The van der Waals surface area contributed by atoms with E-state index in [1.165, 1.54) is 12.1 Å². The Morgan fingerprint density at radius 3 is 2.75 bits per heavy atom. The summed E-state index contributed by atoms with van der Waals surface area (Å²) in [6.45, 7) is 8.35. The number of carbonyl (C=O) groups excluding carboxylic acids is 1. The van der Waals surface area contributed by atoms with Crippen LogP contribution in [-0.2, 0) is 7.05 Å². The molecular weight excluding hydrogens is 457 g/mol. The zero-order valence-corrected chi connectivity index (χ0v) is 20.0. The highest BCUT2D eigenvalue weighted by Crippen LogP contribution is 2.45. The monoisotopic (exact) mass is 483 g/mol. The molecule has 0 spiro atoms. The minimum Gasteiger partial charge on any atom is -0.336 e. The number of nitrogens with two attached hydrogens (primary N) is 1. The van der Waals surface area contributed by atoms with Gasteiger partial charge in [-0.2, -0.15) is 5.10 Å². The van der Waals surface area contributed by atoms with Crippen molar-refractivity contribution in [3.8, 4) is 17.1 Å². The lowest BCUT2D eigenvalue weighted by atomic mass is 10.1. The highest BCUT2D eigenvalue weighted by Gasteiger charge is 2.37. The van der Waals surface area contributed by atoms with Gasteiger partial charge in [-0.15, -0.1) is 0 Å². The molecule has 2 fully saturated rings. The van der Waals surface area contributed by atoms with Gasteiger partial charge in [0.2, 0.25) is 5.69 Å². The minimum atomic E-state index is -0.609. The van der Waals surface area contributed by atoms with Crippen molar-refractivity contribution in [2.24, 2.45) is 12.8 Å². The highest BCUT2D eigenvalue weighted by atomic mass is 19.1. The molecule has 8 nitrogen and oxygen atoms in total. The number of aryl methyl sites for hydroxylation is 1. The number of likely N-dealkylation sites (tertiary alicyclic amines) is 1. The normalized spacial score (nSPS) is 17.9. The minimum absolute atomic E-state index is 0.0446. The second-order valence-corrected chi connectivity index (χ2v) is 9.72. The van der Waals surface area contributed by atoms with E-state index in [2.05, 4.69) is 9.94 Å². The van der Waals surface area contributed by atoms with E-state index >= 15 is 0 Å². The van der Waals surface area contributed by atoms with E-state index in [1.807, 2.05) is 34.5 Å². The fourth-order valence-corrected chi connectivity index (χ4v) is 5.15. The summed E-state index contributed by atoms with van der Waals surface area (Å²) in [6, 6.07) is 10.4. The van der Waals surface area contributed by atoms with Gasteiger partial charge in [0.05, 0.1) is 24.0 Å². The number of halogens is 1. The first-order valence-electron chi connectivity index (χ1n) is 12.2. The van der Waals surface area contributed by atoms with Gasteiger partial charge in [-0.3, -0.25) is 14.0 Å². The predicted molar refractivity (Wildman–Crippen MR) is 135 cm³/mol. The van der Waals surface area contributed by atoms with Crippen LogP contribution in [0.5, 0.6) is 0 Å². The van der Waals surface area contributed by atoms with Crippen molar-refractivity contribution in [1.29, 1.82) is 0 Å². The van der Waals surface area contributed by atoms with E-state index in [0.29, 0.717) is 30.2 Å². The zero-order chi connectivity index (χ0) is 25.0. The van der Waals surface area contributed by atoms with Crippen LogP contribution in [0.4, 0.5) is 10.1 Å².